The van der Waals surface area contributed by atoms with Crippen LogP contribution < -0.4 is 14.8 Å². The number of hydrogen-bond acceptors (Lipinski definition) is 3. The van der Waals surface area contributed by atoms with Crippen LogP contribution in [-0.2, 0) is 0 Å². The van der Waals surface area contributed by atoms with Gasteiger partial charge in [-0.25, -0.2) is 0 Å². The van der Waals surface area contributed by atoms with Gasteiger partial charge in [0.15, 0.2) is 0 Å². The van der Waals surface area contributed by atoms with Crippen LogP contribution in [-0.4, -0.2) is 26.2 Å². The number of amides is 1. The average Bonchev–Trinajstić information content (AvgIpc) is 2.75. The van der Waals surface area contributed by atoms with Crippen LogP contribution in [0.15, 0.2) is 78.9 Å². The van der Waals surface area contributed by atoms with Gasteiger partial charge in [-0.1, -0.05) is 54.6 Å². The second-order valence-electron chi connectivity index (χ2n) is 6.51. The van der Waals surface area contributed by atoms with Gasteiger partial charge in [-0.05, 0) is 45.8 Å². The molecule has 4 nitrogen and oxygen atoms in total. The van der Waals surface area contributed by atoms with E-state index in [0.29, 0.717) is 24.5 Å². The zero-order chi connectivity index (χ0) is 19.3. The SMILES string of the molecule is COc1cc2ccccc2cc1C(=O)NCCOc1ccc2ccccc2c1. The topological polar surface area (TPSA) is 47.6 Å². The summed E-state index contributed by atoms with van der Waals surface area (Å²) in [7, 11) is 1.57. The van der Waals surface area contributed by atoms with Gasteiger partial charge in [-0.2, -0.15) is 0 Å². The molecule has 0 bridgehead atoms. The van der Waals surface area contributed by atoms with Crippen LogP contribution in [0.4, 0.5) is 0 Å². The molecule has 0 unspecified atom stereocenters. The summed E-state index contributed by atoms with van der Waals surface area (Å²) >= 11 is 0. The van der Waals surface area contributed by atoms with Gasteiger partial charge < -0.3 is 14.8 Å². The van der Waals surface area contributed by atoms with Crippen molar-refractivity contribution in [3.05, 3.63) is 84.4 Å². The second kappa shape index (κ2) is 8.01. The lowest BCUT2D eigenvalue weighted by molar-refractivity contribution is 0.0944. The highest BCUT2D eigenvalue weighted by atomic mass is 16.5. The summed E-state index contributed by atoms with van der Waals surface area (Å²) in [6.45, 7) is 0.793. The molecule has 0 saturated carbocycles. The van der Waals surface area contributed by atoms with Crippen molar-refractivity contribution in [2.45, 2.75) is 0 Å². The highest BCUT2D eigenvalue weighted by Gasteiger charge is 2.13. The van der Waals surface area contributed by atoms with Crippen LogP contribution >= 0.6 is 0 Å². The normalized spacial score (nSPS) is 10.8. The minimum Gasteiger partial charge on any atom is -0.496 e. The van der Waals surface area contributed by atoms with Gasteiger partial charge in [-0.15, -0.1) is 0 Å². The molecule has 0 aliphatic rings. The Morgan fingerprint density at radius 3 is 2.18 bits per heavy atom. The molecule has 0 atom stereocenters. The van der Waals surface area contributed by atoms with Crippen LogP contribution in [0, 0.1) is 0 Å². The Labute approximate surface area is 163 Å². The van der Waals surface area contributed by atoms with Crippen molar-refractivity contribution in [1.29, 1.82) is 0 Å². The number of ether oxygens (including phenoxy) is 2. The summed E-state index contributed by atoms with van der Waals surface area (Å²) in [5.41, 5.74) is 0.520. The molecule has 0 aliphatic heterocycles. The Balaban J connectivity index is 1.39. The first kappa shape index (κ1) is 17.9. The first-order valence-corrected chi connectivity index (χ1v) is 9.21. The number of nitrogens with one attached hydrogen (secondary N) is 1. The van der Waals surface area contributed by atoms with Crippen molar-refractivity contribution >= 4 is 27.5 Å². The second-order valence-corrected chi connectivity index (χ2v) is 6.51. The lowest BCUT2D eigenvalue weighted by atomic mass is 10.1. The summed E-state index contributed by atoms with van der Waals surface area (Å²) in [5.74, 6) is 1.17. The molecule has 0 fully saturated rings. The van der Waals surface area contributed by atoms with Crippen molar-refractivity contribution in [2.24, 2.45) is 0 Å². The number of rotatable bonds is 6. The summed E-state index contributed by atoms with van der Waals surface area (Å²) in [5, 5.41) is 7.24. The fourth-order valence-corrected chi connectivity index (χ4v) is 3.25. The molecule has 140 valence electrons. The van der Waals surface area contributed by atoms with Gasteiger partial charge >= 0.3 is 0 Å². The Kier molecular flexibility index (Phi) is 5.11. The summed E-state index contributed by atoms with van der Waals surface area (Å²) in [6, 6.07) is 25.7. The Hall–Kier alpha value is -3.53. The quantitative estimate of drug-likeness (QED) is 0.495. The highest BCUT2D eigenvalue weighted by Crippen LogP contribution is 2.26. The summed E-state index contributed by atoms with van der Waals surface area (Å²) in [4.78, 5) is 12.6. The molecule has 0 aromatic heterocycles. The largest absolute Gasteiger partial charge is 0.496 e. The number of hydrogen-bond donors (Lipinski definition) is 1. The molecule has 4 heteroatoms. The molecule has 4 rings (SSSR count). The fourth-order valence-electron chi connectivity index (χ4n) is 3.25. The summed E-state index contributed by atoms with van der Waals surface area (Å²) < 4.78 is 11.2. The van der Waals surface area contributed by atoms with Crippen LogP contribution in [0.3, 0.4) is 0 Å². The van der Waals surface area contributed by atoms with Crippen LogP contribution in [0.1, 0.15) is 10.4 Å². The van der Waals surface area contributed by atoms with E-state index < -0.39 is 0 Å². The summed E-state index contributed by atoms with van der Waals surface area (Å²) in [6.07, 6.45) is 0. The molecule has 0 heterocycles. The number of carbonyl (C=O) groups is 1. The van der Waals surface area contributed by atoms with E-state index in [1.165, 1.54) is 5.39 Å². The fraction of sp³-hybridized carbons (Fsp3) is 0.125. The molecule has 28 heavy (non-hydrogen) atoms. The van der Waals surface area contributed by atoms with Crippen molar-refractivity contribution in [3.8, 4) is 11.5 Å². The number of benzene rings is 4. The van der Waals surface area contributed by atoms with E-state index in [1.54, 1.807) is 7.11 Å². The van der Waals surface area contributed by atoms with Gasteiger partial charge in [0.1, 0.15) is 18.1 Å². The monoisotopic (exact) mass is 371 g/mol. The number of carbonyl (C=O) groups excluding carboxylic acids is 1. The first-order chi connectivity index (χ1) is 13.7. The van der Waals surface area contributed by atoms with Crippen LogP contribution in [0.2, 0.25) is 0 Å². The van der Waals surface area contributed by atoms with E-state index in [9.17, 15) is 4.79 Å². The van der Waals surface area contributed by atoms with E-state index >= 15 is 0 Å². The third-order valence-corrected chi connectivity index (χ3v) is 4.69. The molecule has 1 amide bonds. The van der Waals surface area contributed by atoms with E-state index in [1.807, 2.05) is 66.7 Å². The Bertz CT molecular complexity index is 1140. The Morgan fingerprint density at radius 2 is 1.46 bits per heavy atom. The van der Waals surface area contributed by atoms with Crippen LogP contribution in [0.25, 0.3) is 21.5 Å². The zero-order valence-corrected chi connectivity index (χ0v) is 15.6. The molecule has 0 aliphatic carbocycles. The number of methoxy groups -OCH3 is 1. The molecule has 0 radical (unpaired) electrons. The lowest BCUT2D eigenvalue weighted by Gasteiger charge is -2.12. The molecule has 4 aromatic rings. The van der Waals surface area contributed by atoms with Crippen LogP contribution in [0.5, 0.6) is 11.5 Å². The van der Waals surface area contributed by atoms with E-state index in [2.05, 4.69) is 17.4 Å². The maximum Gasteiger partial charge on any atom is 0.255 e. The van der Waals surface area contributed by atoms with Crippen molar-refractivity contribution in [3.63, 3.8) is 0 Å². The number of fused-ring (bicyclic) bond motifs is 2. The lowest BCUT2D eigenvalue weighted by Crippen LogP contribution is -2.28. The minimum absolute atomic E-state index is 0.176. The van der Waals surface area contributed by atoms with E-state index in [4.69, 9.17) is 9.47 Å². The van der Waals surface area contributed by atoms with Gasteiger partial charge in [-0.3, -0.25) is 4.79 Å². The van der Waals surface area contributed by atoms with Gasteiger partial charge in [0.25, 0.3) is 5.91 Å². The highest BCUT2D eigenvalue weighted by molar-refractivity contribution is 6.01. The third-order valence-electron chi connectivity index (χ3n) is 4.69. The molecule has 1 N–H and O–H groups in total. The first-order valence-electron chi connectivity index (χ1n) is 9.21. The van der Waals surface area contributed by atoms with E-state index in [-0.39, 0.29) is 5.91 Å². The average molecular weight is 371 g/mol. The predicted octanol–water partition coefficient (Wildman–Crippen LogP) is 4.81. The molecule has 4 aromatic carbocycles. The standard InChI is InChI=1S/C24H21NO3/c1-27-23-16-20-9-5-4-8-19(20)15-22(23)24(26)25-12-13-28-21-11-10-17-6-2-3-7-18(17)14-21/h2-11,14-16H,12-13H2,1H3,(H,25,26). The van der Waals surface area contributed by atoms with Crippen molar-refractivity contribution in [2.75, 3.05) is 20.3 Å². The van der Waals surface area contributed by atoms with E-state index in [0.717, 1.165) is 21.9 Å². The third kappa shape index (κ3) is 3.76. The minimum atomic E-state index is -0.176. The van der Waals surface area contributed by atoms with Gasteiger partial charge in [0.05, 0.1) is 19.2 Å². The molecular weight excluding hydrogens is 350 g/mol. The smallest absolute Gasteiger partial charge is 0.255 e. The zero-order valence-electron chi connectivity index (χ0n) is 15.6. The maximum atomic E-state index is 12.6. The maximum absolute atomic E-state index is 12.6. The predicted molar refractivity (Wildman–Crippen MR) is 112 cm³/mol. The molecular formula is C24H21NO3. The van der Waals surface area contributed by atoms with Crippen molar-refractivity contribution < 1.29 is 14.3 Å². The molecule has 0 spiro atoms. The molecule has 0 saturated heterocycles. The van der Waals surface area contributed by atoms with Gasteiger partial charge in [0.2, 0.25) is 0 Å². The van der Waals surface area contributed by atoms with Crippen molar-refractivity contribution in [1.82, 2.24) is 5.32 Å². The van der Waals surface area contributed by atoms with Gasteiger partial charge in [0, 0.05) is 0 Å². The Morgan fingerprint density at radius 1 is 0.821 bits per heavy atom.